The van der Waals surface area contributed by atoms with E-state index in [1.807, 2.05) is 0 Å². The molecule has 68 valence electrons. The monoisotopic (exact) mass is 188 g/mol. The van der Waals surface area contributed by atoms with E-state index >= 15 is 0 Å². The van der Waals surface area contributed by atoms with Gasteiger partial charge < -0.3 is 16.0 Å². The van der Waals surface area contributed by atoms with Gasteiger partial charge in [-0.3, -0.25) is 0 Å². The molecule has 4 nitrogen and oxygen atoms in total. The molecule has 1 atom stereocenters. The zero-order valence-electron chi connectivity index (χ0n) is 7.00. The minimum atomic E-state index is -0.384. The second-order valence-electron chi connectivity index (χ2n) is 2.11. The molecular weight excluding hydrogens is 176 g/mol. The van der Waals surface area contributed by atoms with Gasteiger partial charge in [0.25, 0.3) is 0 Å². The predicted octanol–water partition coefficient (Wildman–Crippen LogP) is 0.632. The highest BCUT2D eigenvalue weighted by Gasteiger charge is 2.03. The van der Waals surface area contributed by atoms with E-state index in [4.69, 9.17) is 17.3 Å². The van der Waals surface area contributed by atoms with E-state index < -0.39 is 0 Å². The van der Waals surface area contributed by atoms with Crippen LogP contribution >= 0.6 is 11.6 Å². The number of alkyl halides is 1. The Balaban J connectivity index is 3.92. The largest absolute Gasteiger partial charge is 0.384 e. The highest BCUT2D eigenvalue weighted by atomic mass is 35.5. The van der Waals surface area contributed by atoms with Crippen molar-refractivity contribution in [3.63, 3.8) is 0 Å². The van der Waals surface area contributed by atoms with Crippen LogP contribution in [0.2, 0.25) is 0 Å². The fourth-order valence-corrected chi connectivity index (χ4v) is 0.578. The van der Waals surface area contributed by atoms with Crippen LogP contribution in [-0.2, 0) is 0 Å². The van der Waals surface area contributed by atoms with Crippen LogP contribution in [0.5, 0.6) is 0 Å². The van der Waals surface area contributed by atoms with Gasteiger partial charge in [-0.15, -0.1) is 0 Å². The standard InChI is InChI=1S/C7H13ClN4/c1-4-10-7(8)12(3)5-11-6(2)9/h4-5,7,10H,1-2,9H2,3H3/b11-5-. The molecule has 0 aliphatic rings. The van der Waals surface area contributed by atoms with Gasteiger partial charge in [0.1, 0.15) is 5.82 Å². The maximum Gasteiger partial charge on any atom is 0.177 e. The van der Waals surface area contributed by atoms with Gasteiger partial charge >= 0.3 is 0 Å². The molecule has 0 fully saturated rings. The summed E-state index contributed by atoms with van der Waals surface area (Å²) in [7, 11) is 1.75. The van der Waals surface area contributed by atoms with Gasteiger partial charge in [-0.1, -0.05) is 24.8 Å². The van der Waals surface area contributed by atoms with Crippen LogP contribution in [0, 0.1) is 0 Å². The van der Waals surface area contributed by atoms with Crippen molar-refractivity contribution < 1.29 is 0 Å². The van der Waals surface area contributed by atoms with Gasteiger partial charge in [0.05, 0.1) is 6.34 Å². The first kappa shape index (κ1) is 10.8. The lowest BCUT2D eigenvalue weighted by atomic mass is 10.8. The summed E-state index contributed by atoms with van der Waals surface area (Å²) >= 11 is 5.80. The number of nitrogens with two attached hydrogens (primary N) is 1. The van der Waals surface area contributed by atoms with Crippen molar-refractivity contribution in [2.24, 2.45) is 10.7 Å². The highest BCUT2D eigenvalue weighted by molar-refractivity contribution is 6.20. The molecule has 0 bridgehead atoms. The summed E-state index contributed by atoms with van der Waals surface area (Å²) in [5.74, 6) is 0.240. The van der Waals surface area contributed by atoms with Crippen molar-refractivity contribution in [2.75, 3.05) is 7.05 Å². The Bertz CT molecular complexity index is 190. The Hall–Kier alpha value is -1.16. The van der Waals surface area contributed by atoms with Crippen molar-refractivity contribution in [3.8, 4) is 0 Å². The van der Waals surface area contributed by atoms with Gasteiger partial charge in [0.15, 0.2) is 5.62 Å². The Morgan fingerprint density at radius 1 is 1.83 bits per heavy atom. The third-order valence-electron chi connectivity index (χ3n) is 1.02. The van der Waals surface area contributed by atoms with Crippen LogP contribution in [0.25, 0.3) is 0 Å². The fraction of sp³-hybridized carbons (Fsp3) is 0.286. The lowest BCUT2D eigenvalue weighted by Gasteiger charge is -2.19. The lowest BCUT2D eigenvalue weighted by Crippen LogP contribution is -2.35. The Morgan fingerprint density at radius 2 is 2.42 bits per heavy atom. The maximum atomic E-state index is 5.80. The summed E-state index contributed by atoms with van der Waals surface area (Å²) in [5.41, 5.74) is 4.83. The number of hydrogen-bond donors (Lipinski definition) is 2. The van der Waals surface area contributed by atoms with Crippen molar-refractivity contribution in [2.45, 2.75) is 5.62 Å². The van der Waals surface area contributed by atoms with Gasteiger partial charge in [0.2, 0.25) is 0 Å². The minimum absolute atomic E-state index is 0.240. The van der Waals surface area contributed by atoms with Gasteiger partial charge in [-0.05, 0) is 6.20 Å². The molecule has 0 aromatic rings. The molecule has 0 spiro atoms. The third-order valence-corrected chi connectivity index (χ3v) is 1.45. The molecule has 0 aliphatic carbocycles. The average Bonchev–Trinajstić information content (AvgIpc) is 2.00. The molecule has 0 amide bonds. The molecule has 0 saturated heterocycles. The predicted molar refractivity (Wildman–Crippen MR) is 52.6 cm³/mol. The van der Waals surface area contributed by atoms with E-state index in [-0.39, 0.29) is 11.4 Å². The van der Waals surface area contributed by atoms with Crippen molar-refractivity contribution in [1.82, 2.24) is 10.2 Å². The van der Waals surface area contributed by atoms with Crippen molar-refractivity contribution in [1.29, 1.82) is 0 Å². The minimum Gasteiger partial charge on any atom is -0.384 e. The number of nitrogens with zero attached hydrogens (tertiary/aromatic N) is 2. The molecule has 0 saturated carbocycles. The normalized spacial score (nSPS) is 12.5. The summed E-state index contributed by atoms with van der Waals surface area (Å²) in [5, 5.41) is 2.76. The number of hydrogen-bond acceptors (Lipinski definition) is 3. The Labute approximate surface area is 77.4 Å². The second kappa shape index (κ2) is 5.49. The molecule has 5 heteroatoms. The Kier molecular flexibility index (Phi) is 4.96. The molecule has 0 radical (unpaired) electrons. The van der Waals surface area contributed by atoms with Crippen LogP contribution in [-0.4, -0.2) is 23.9 Å². The number of halogens is 1. The SMILES string of the molecule is C=CNC(Cl)N(C)/C=N\C(=C)N. The smallest absolute Gasteiger partial charge is 0.177 e. The first-order chi connectivity index (χ1) is 5.57. The highest BCUT2D eigenvalue weighted by Crippen LogP contribution is 1.95. The molecule has 12 heavy (non-hydrogen) atoms. The molecule has 3 N–H and O–H groups in total. The van der Waals surface area contributed by atoms with E-state index in [1.54, 1.807) is 11.9 Å². The summed E-state index contributed by atoms with van der Waals surface area (Å²) in [4.78, 5) is 5.38. The molecule has 0 aromatic heterocycles. The number of nitrogens with one attached hydrogen (secondary N) is 1. The summed E-state index contributed by atoms with van der Waals surface area (Å²) in [6, 6.07) is 0. The van der Waals surface area contributed by atoms with Crippen LogP contribution in [0.4, 0.5) is 0 Å². The summed E-state index contributed by atoms with van der Waals surface area (Å²) < 4.78 is 0. The van der Waals surface area contributed by atoms with Crippen LogP contribution in [0.15, 0.2) is 30.2 Å². The quantitative estimate of drug-likeness (QED) is 0.219. The molecular formula is C7H13ClN4. The van der Waals surface area contributed by atoms with Crippen LogP contribution < -0.4 is 11.1 Å². The van der Waals surface area contributed by atoms with Crippen LogP contribution in [0.1, 0.15) is 0 Å². The first-order valence-electron chi connectivity index (χ1n) is 3.29. The zero-order valence-corrected chi connectivity index (χ0v) is 7.75. The zero-order chi connectivity index (χ0) is 9.56. The topological polar surface area (TPSA) is 53.6 Å². The van der Waals surface area contributed by atoms with E-state index in [0.29, 0.717) is 0 Å². The summed E-state index contributed by atoms with van der Waals surface area (Å²) in [6.07, 6.45) is 2.98. The average molecular weight is 189 g/mol. The van der Waals surface area contributed by atoms with E-state index in [1.165, 1.54) is 12.5 Å². The molecule has 0 heterocycles. The maximum absolute atomic E-state index is 5.80. The fourth-order valence-electron chi connectivity index (χ4n) is 0.439. The number of rotatable bonds is 5. The van der Waals surface area contributed by atoms with Crippen LogP contribution in [0.3, 0.4) is 0 Å². The molecule has 0 aliphatic heterocycles. The van der Waals surface area contributed by atoms with E-state index in [2.05, 4.69) is 23.5 Å². The second-order valence-corrected chi connectivity index (χ2v) is 2.52. The van der Waals surface area contributed by atoms with E-state index in [0.717, 1.165) is 0 Å². The Morgan fingerprint density at radius 3 is 2.83 bits per heavy atom. The first-order valence-corrected chi connectivity index (χ1v) is 3.73. The molecule has 0 rings (SSSR count). The number of aliphatic imine (C=N–C) groups is 1. The van der Waals surface area contributed by atoms with Crippen molar-refractivity contribution in [3.05, 3.63) is 25.2 Å². The van der Waals surface area contributed by atoms with Gasteiger partial charge in [-0.2, -0.15) is 0 Å². The van der Waals surface area contributed by atoms with E-state index in [9.17, 15) is 0 Å². The van der Waals surface area contributed by atoms with Crippen molar-refractivity contribution >= 4 is 17.9 Å². The van der Waals surface area contributed by atoms with Gasteiger partial charge in [0, 0.05) is 7.05 Å². The third kappa shape index (κ3) is 4.62. The molecule has 1 unspecified atom stereocenters. The van der Waals surface area contributed by atoms with Gasteiger partial charge in [-0.25, -0.2) is 4.99 Å². The molecule has 0 aromatic carbocycles. The summed E-state index contributed by atoms with van der Waals surface area (Å²) in [6.45, 7) is 6.87. The lowest BCUT2D eigenvalue weighted by molar-refractivity contribution is 0.446.